The van der Waals surface area contributed by atoms with Crippen molar-refractivity contribution in [2.45, 2.75) is 12.3 Å². The van der Waals surface area contributed by atoms with Gasteiger partial charge in [-0.2, -0.15) is 0 Å². The van der Waals surface area contributed by atoms with Crippen LogP contribution in [0.5, 0.6) is 0 Å². The average Bonchev–Trinajstić information content (AvgIpc) is 2.18. The van der Waals surface area contributed by atoms with Crippen LogP contribution in [0.4, 0.5) is 5.69 Å². The molecule has 0 aliphatic heterocycles. The Morgan fingerprint density at radius 1 is 1.50 bits per heavy atom. The maximum absolute atomic E-state index is 11.1. The van der Waals surface area contributed by atoms with Gasteiger partial charge in [-0.05, 0) is 17.2 Å². The molecule has 1 aromatic rings. The molecule has 0 aliphatic rings. The van der Waals surface area contributed by atoms with Crippen LogP contribution in [0.1, 0.15) is 11.1 Å². The van der Waals surface area contributed by atoms with Crippen LogP contribution in [-0.4, -0.2) is 11.1 Å². The number of anilines is 1. The smallest absolute Gasteiger partial charge is 0.147 e. The van der Waals surface area contributed by atoms with Crippen molar-refractivity contribution in [3.63, 3.8) is 0 Å². The summed E-state index contributed by atoms with van der Waals surface area (Å²) in [7, 11) is 0. The van der Waals surface area contributed by atoms with Gasteiger partial charge in [-0.3, -0.25) is 4.79 Å². The molecule has 0 aromatic heterocycles. The van der Waals surface area contributed by atoms with Gasteiger partial charge in [-0.1, -0.05) is 28.1 Å². The molecule has 1 aromatic carbocycles. The minimum atomic E-state index is 0.142. The van der Waals surface area contributed by atoms with Crippen LogP contribution < -0.4 is 5.73 Å². The number of carbonyl (C=O) groups is 1. The van der Waals surface area contributed by atoms with E-state index >= 15 is 0 Å². The van der Waals surface area contributed by atoms with Crippen LogP contribution in [0.25, 0.3) is 0 Å². The normalized spacial score (nSPS) is 10.1. The molecule has 2 N–H and O–H groups in total. The van der Waals surface area contributed by atoms with Gasteiger partial charge in [-0.15, -0.1) is 11.6 Å². The predicted octanol–water partition coefficient (Wildman–Crippen LogP) is 2.51. The van der Waals surface area contributed by atoms with Crippen LogP contribution in [0.15, 0.2) is 18.2 Å². The minimum absolute atomic E-state index is 0.142. The minimum Gasteiger partial charge on any atom is -0.398 e. The molecule has 4 heteroatoms. The molecule has 0 bridgehead atoms. The number of hydrogen-bond donors (Lipinski definition) is 1. The molecule has 0 amide bonds. The Morgan fingerprint density at radius 2 is 2.21 bits per heavy atom. The molecule has 76 valence electrons. The lowest BCUT2D eigenvalue weighted by Gasteiger charge is -2.04. The number of nitrogen functional groups attached to an aromatic ring is 1. The summed E-state index contributed by atoms with van der Waals surface area (Å²) in [4.78, 5) is 11.1. The van der Waals surface area contributed by atoms with E-state index in [1.165, 1.54) is 0 Å². The van der Waals surface area contributed by atoms with Crippen LogP contribution >= 0.6 is 27.5 Å². The summed E-state index contributed by atoms with van der Waals surface area (Å²) in [5.41, 5.74) is 8.23. The van der Waals surface area contributed by atoms with Gasteiger partial charge in [0.2, 0.25) is 0 Å². The summed E-state index contributed by atoms with van der Waals surface area (Å²) < 4.78 is 0. The molecule has 2 nitrogen and oxygen atoms in total. The standard InChI is InChI=1S/C10H11BrClNO/c11-5-9(14)3-7-1-2-8(6-12)10(13)4-7/h1-2,4H,3,5-6,13H2. The van der Waals surface area contributed by atoms with Crippen molar-refractivity contribution in [1.29, 1.82) is 0 Å². The maximum Gasteiger partial charge on any atom is 0.147 e. The third kappa shape index (κ3) is 3.00. The summed E-state index contributed by atoms with van der Waals surface area (Å²) in [5.74, 6) is 0.543. The molecule has 0 heterocycles. The predicted molar refractivity (Wildman–Crippen MR) is 62.9 cm³/mol. The molecule has 0 saturated carbocycles. The second-order valence-electron chi connectivity index (χ2n) is 3.02. The second kappa shape index (κ2) is 5.37. The molecule has 0 spiro atoms. The quantitative estimate of drug-likeness (QED) is 0.678. The van der Waals surface area contributed by atoms with Gasteiger partial charge in [0.05, 0.1) is 5.33 Å². The monoisotopic (exact) mass is 275 g/mol. The van der Waals surface area contributed by atoms with Gasteiger partial charge in [0.1, 0.15) is 5.78 Å². The van der Waals surface area contributed by atoms with Gasteiger partial charge in [0.25, 0.3) is 0 Å². The van der Waals surface area contributed by atoms with Crippen LogP contribution in [0.3, 0.4) is 0 Å². The van der Waals surface area contributed by atoms with Gasteiger partial charge in [-0.25, -0.2) is 0 Å². The molecule has 0 saturated heterocycles. The average molecular weight is 277 g/mol. The highest BCUT2D eigenvalue weighted by atomic mass is 79.9. The fourth-order valence-electron chi connectivity index (χ4n) is 1.15. The van der Waals surface area contributed by atoms with E-state index in [1.807, 2.05) is 12.1 Å². The van der Waals surface area contributed by atoms with Crippen molar-refractivity contribution in [2.75, 3.05) is 11.1 Å². The Morgan fingerprint density at radius 3 is 2.71 bits per heavy atom. The first-order valence-electron chi connectivity index (χ1n) is 4.18. The zero-order valence-corrected chi connectivity index (χ0v) is 9.94. The van der Waals surface area contributed by atoms with Crippen molar-refractivity contribution in [3.8, 4) is 0 Å². The summed E-state index contributed by atoms with van der Waals surface area (Å²) in [6.07, 6.45) is 0.415. The Balaban J connectivity index is 2.81. The summed E-state index contributed by atoms with van der Waals surface area (Å²) in [6.45, 7) is 0. The highest BCUT2D eigenvalue weighted by Gasteiger charge is 2.04. The van der Waals surface area contributed by atoms with Crippen molar-refractivity contribution < 1.29 is 4.79 Å². The number of ketones is 1. The van der Waals surface area contributed by atoms with Gasteiger partial charge in [0, 0.05) is 18.0 Å². The number of halogens is 2. The lowest BCUT2D eigenvalue weighted by Crippen LogP contribution is -2.04. The largest absolute Gasteiger partial charge is 0.398 e. The molecule has 0 atom stereocenters. The van der Waals surface area contributed by atoms with Crippen molar-refractivity contribution in [2.24, 2.45) is 0 Å². The van der Waals surface area contributed by atoms with E-state index in [2.05, 4.69) is 15.9 Å². The molecule has 14 heavy (non-hydrogen) atoms. The molecule has 1 rings (SSSR count). The lowest BCUT2D eigenvalue weighted by atomic mass is 10.1. The van der Waals surface area contributed by atoms with Crippen LogP contribution in [0.2, 0.25) is 0 Å². The van der Waals surface area contributed by atoms with Gasteiger partial charge < -0.3 is 5.73 Å². The molecular formula is C10H11BrClNO. The van der Waals surface area contributed by atoms with E-state index < -0.39 is 0 Å². The van der Waals surface area contributed by atoms with Crippen molar-refractivity contribution in [1.82, 2.24) is 0 Å². The van der Waals surface area contributed by atoms with Crippen molar-refractivity contribution >= 4 is 39.0 Å². The van der Waals surface area contributed by atoms with E-state index in [1.54, 1.807) is 6.07 Å². The first-order chi connectivity index (χ1) is 6.67. The zero-order chi connectivity index (χ0) is 10.6. The molecule has 0 fully saturated rings. The van der Waals surface area contributed by atoms with Gasteiger partial charge >= 0.3 is 0 Å². The van der Waals surface area contributed by atoms with E-state index in [4.69, 9.17) is 17.3 Å². The molecule has 0 unspecified atom stereocenters. The van der Waals surface area contributed by atoms with E-state index in [0.717, 1.165) is 11.1 Å². The topological polar surface area (TPSA) is 43.1 Å². The first kappa shape index (κ1) is 11.5. The Labute approximate surface area is 96.6 Å². The summed E-state index contributed by atoms with van der Waals surface area (Å²) >= 11 is 8.78. The lowest BCUT2D eigenvalue weighted by molar-refractivity contribution is -0.115. The fraction of sp³-hybridized carbons (Fsp3) is 0.300. The highest BCUT2D eigenvalue weighted by molar-refractivity contribution is 9.09. The van der Waals surface area contributed by atoms with Gasteiger partial charge in [0.15, 0.2) is 0 Å². The Bertz CT molecular complexity index is 341. The number of carbonyl (C=O) groups excluding carboxylic acids is 1. The number of benzene rings is 1. The Hall–Kier alpha value is -0.540. The number of rotatable bonds is 4. The second-order valence-corrected chi connectivity index (χ2v) is 3.84. The maximum atomic E-state index is 11.1. The number of Topliss-reactive ketones (excluding diaryl/α,β-unsaturated/α-hetero) is 1. The summed E-state index contributed by atoms with van der Waals surface area (Å²) in [5, 5.41) is 0.379. The van der Waals surface area contributed by atoms with Crippen LogP contribution in [-0.2, 0) is 17.1 Å². The fourth-order valence-corrected chi connectivity index (χ4v) is 1.59. The van der Waals surface area contributed by atoms with E-state index in [0.29, 0.717) is 23.3 Å². The number of alkyl halides is 2. The SMILES string of the molecule is Nc1cc(CC(=O)CBr)ccc1CCl. The third-order valence-corrected chi connectivity index (χ3v) is 2.82. The third-order valence-electron chi connectivity index (χ3n) is 1.90. The first-order valence-corrected chi connectivity index (χ1v) is 5.84. The van der Waals surface area contributed by atoms with Crippen LogP contribution in [0, 0.1) is 0 Å². The molecule has 0 radical (unpaired) electrons. The molecule has 0 aliphatic carbocycles. The molecular weight excluding hydrogens is 265 g/mol. The van der Waals surface area contributed by atoms with E-state index in [-0.39, 0.29) is 5.78 Å². The van der Waals surface area contributed by atoms with E-state index in [9.17, 15) is 4.79 Å². The highest BCUT2D eigenvalue weighted by Crippen LogP contribution is 2.16. The Kier molecular flexibility index (Phi) is 4.42. The zero-order valence-electron chi connectivity index (χ0n) is 7.59. The van der Waals surface area contributed by atoms with Crippen molar-refractivity contribution in [3.05, 3.63) is 29.3 Å². The summed E-state index contributed by atoms with van der Waals surface area (Å²) in [6, 6.07) is 5.55. The number of nitrogens with two attached hydrogens (primary N) is 1. The number of hydrogen-bond acceptors (Lipinski definition) is 2.